The number of likely N-dealkylation sites (tertiary alicyclic amines) is 1. The van der Waals surface area contributed by atoms with Crippen molar-refractivity contribution in [2.75, 3.05) is 13.1 Å². The molecule has 34 heavy (non-hydrogen) atoms. The van der Waals surface area contributed by atoms with Gasteiger partial charge in [0.15, 0.2) is 5.78 Å². The molecule has 2 aliphatic carbocycles. The van der Waals surface area contributed by atoms with Gasteiger partial charge in [0.05, 0.1) is 6.04 Å². The van der Waals surface area contributed by atoms with Crippen LogP contribution < -0.4 is 5.32 Å². The Bertz CT molecular complexity index is 863. The predicted octanol–water partition coefficient (Wildman–Crippen LogP) is 5.88. The molecule has 1 aromatic carbocycles. The smallest absolute Gasteiger partial charge is 0.251 e. The summed E-state index contributed by atoms with van der Waals surface area (Å²) in [6.45, 7) is 3.61. The molecule has 1 aromatic rings. The van der Waals surface area contributed by atoms with E-state index in [1.807, 2.05) is 30.0 Å². The fraction of sp³-hybridized carbons (Fsp3) is 0.690. The van der Waals surface area contributed by atoms with Crippen LogP contribution in [0.3, 0.4) is 0 Å². The Kier molecular flexibility index (Phi) is 8.80. The minimum Gasteiger partial charge on any atom is -0.342 e. The highest BCUT2D eigenvalue weighted by molar-refractivity contribution is 5.98. The molecule has 1 unspecified atom stereocenters. The maximum Gasteiger partial charge on any atom is 0.251 e. The van der Waals surface area contributed by atoms with Crippen LogP contribution in [0.5, 0.6) is 0 Å². The van der Waals surface area contributed by atoms with Gasteiger partial charge < -0.3 is 10.2 Å². The van der Waals surface area contributed by atoms with Crippen LogP contribution >= 0.6 is 0 Å². The molecule has 2 atom stereocenters. The highest BCUT2D eigenvalue weighted by Gasteiger charge is 2.31. The third kappa shape index (κ3) is 6.70. The van der Waals surface area contributed by atoms with Crippen molar-refractivity contribution in [1.29, 1.82) is 0 Å². The van der Waals surface area contributed by atoms with Gasteiger partial charge in [-0.3, -0.25) is 14.4 Å². The number of carbonyl (C=O) groups excluding carboxylic acids is 3. The van der Waals surface area contributed by atoms with Crippen LogP contribution in [-0.2, 0) is 9.59 Å². The molecule has 5 heteroatoms. The van der Waals surface area contributed by atoms with E-state index in [2.05, 4.69) is 11.4 Å². The van der Waals surface area contributed by atoms with Crippen LogP contribution in [-0.4, -0.2) is 41.6 Å². The first-order valence-corrected chi connectivity index (χ1v) is 13.8. The Morgan fingerprint density at radius 3 is 2.56 bits per heavy atom. The molecule has 1 saturated heterocycles. The zero-order valence-corrected chi connectivity index (χ0v) is 20.9. The number of Topliss-reactive ketones (excluding diaryl/α,β-unsaturated/α-hetero) is 1. The maximum absolute atomic E-state index is 13.2. The van der Waals surface area contributed by atoms with Crippen molar-refractivity contribution < 1.29 is 15.8 Å². The molecule has 1 heterocycles. The second-order valence-electron chi connectivity index (χ2n) is 10.9. The number of hydrogen-bond acceptors (Lipinski definition) is 3. The van der Waals surface area contributed by atoms with Crippen LogP contribution in [0.2, 0.25) is 0 Å². The summed E-state index contributed by atoms with van der Waals surface area (Å²) in [5, 5.41) is 3.12. The van der Waals surface area contributed by atoms with Gasteiger partial charge in [-0.25, -0.2) is 0 Å². The van der Waals surface area contributed by atoms with Crippen LogP contribution in [0.25, 0.3) is 0 Å². The zero-order chi connectivity index (χ0) is 23.9. The molecular weight excluding hydrogens is 424 g/mol. The maximum atomic E-state index is 13.2. The van der Waals surface area contributed by atoms with Crippen molar-refractivity contribution >= 4 is 17.6 Å². The molecule has 5 nitrogen and oxygen atoms in total. The van der Waals surface area contributed by atoms with Gasteiger partial charge in [0.25, 0.3) is 5.91 Å². The van der Waals surface area contributed by atoms with Crippen LogP contribution in [0.1, 0.15) is 114 Å². The summed E-state index contributed by atoms with van der Waals surface area (Å²) in [6.07, 6.45) is 13.2. The van der Waals surface area contributed by atoms with Gasteiger partial charge in [0, 0.05) is 38.8 Å². The van der Waals surface area contributed by atoms with E-state index in [9.17, 15) is 14.4 Å². The first kappa shape index (κ1) is 24.9. The Labute approximate surface area is 206 Å². The van der Waals surface area contributed by atoms with Crippen molar-refractivity contribution in [2.45, 2.75) is 102 Å². The van der Waals surface area contributed by atoms with E-state index in [4.69, 9.17) is 0 Å². The largest absolute Gasteiger partial charge is 0.342 e. The fourth-order valence-electron chi connectivity index (χ4n) is 5.86. The highest BCUT2D eigenvalue weighted by atomic mass is 16.2. The standard InChI is InChI=1S/C29H42N2O3.H2/c1-2-8-26(32)28(22-9-4-3-5-10-22)30-29(34)24-12-6-11-23(19-24)25-13-7-18-31(20-25)27(33)17-16-21-14-15-21;/h6,11-12,19,21-22,25,28H,2-5,7-10,13-18,20H2,1H3,(H,30,34);1H/t25?,28-;/m1./s1. The summed E-state index contributed by atoms with van der Waals surface area (Å²) >= 11 is 0. The fourth-order valence-corrected chi connectivity index (χ4v) is 5.86. The summed E-state index contributed by atoms with van der Waals surface area (Å²) in [6, 6.07) is 7.50. The molecule has 2 saturated carbocycles. The number of rotatable bonds is 10. The van der Waals surface area contributed by atoms with Gasteiger partial charge in [-0.15, -0.1) is 0 Å². The van der Waals surface area contributed by atoms with Crippen molar-refractivity contribution in [2.24, 2.45) is 11.8 Å². The molecule has 0 spiro atoms. The lowest BCUT2D eigenvalue weighted by Crippen LogP contribution is -2.46. The Hall–Kier alpha value is -2.17. The summed E-state index contributed by atoms with van der Waals surface area (Å²) in [5.41, 5.74) is 1.75. The van der Waals surface area contributed by atoms with E-state index < -0.39 is 0 Å². The predicted molar refractivity (Wildman–Crippen MR) is 137 cm³/mol. The number of benzene rings is 1. The van der Waals surface area contributed by atoms with Crippen LogP contribution in [0, 0.1) is 11.8 Å². The quantitative estimate of drug-likeness (QED) is 0.466. The third-order valence-corrected chi connectivity index (χ3v) is 8.11. The lowest BCUT2D eigenvalue weighted by Gasteiger charge is -2.33. The van der Waals surface area contributed by atoms with Crippen molar-refractivity contribution in [3.05, 3.63) is 35.4 Å². The van der Waals surface area contributed by atoms with Crippen LogP contribution in [0.4, 0.5) is 0 Å². The van der Waals surface area contributed by atoms with Gasteiger partial charge in [-0.2, -0.15) is 0 Å². The van der Waals surface area contributed by atoms with E-state index in [0.29, 0.717) is 18.4 Å². The van der Waals surface area contributed by atoms with E-state index in [-0.39, 0.29) is 36.9 Å². The van der Waals surface area contributed by atoms with E-state index in [0.717, 1.165) is 75.9 Å². The SMILES string of the molecule is CCCC(=O)[C@H](NC(=O)c1cccc(C2CCCN(C(=O)CCC3CC3)C2)c1)C1CCCCC1.[HH]. The number of piperidine rings is 1. The molecule has 4 rings (SSSR count). The van der Waals surface area contributed by atoms with Crippen LogP contribution in [0.15, 0.2) is 24.3 Å². The molecule has 188 valence electrons. The normalized spacial score (nSPS) is 22.3. The van der Waals surface area contributed by atoms with Gasteiger partial charge in [-0.1, -0.05) is 51.2 Å². The first-order valence-electron chi connectivity index (χ1n) is 13.8. The number of amides is 2. The molecule has 3 aliphatic rings. The minimum absolute atomic E-state index is 0. The van der Waals surface area contributed by atoms with Gasteiger partial charge in [0.2, 0.25) is 5.91 Å². The molecule has 1 N–H and O–H groups in total. The molecule has 0 radical (unpaired) electrons. The van der Waals surface area contributed by atoms with Crippen molar-refractivity contribution in [1.82, 2.24) is 10.2 Å². The summed E-state index contributed by atoms with van der Waals surface area (Å²) in [4.78, 5) is 40.8. The van der Waals surface area contributed by atoms with Gasteiger partial charge in [0.1, 0.15) is 0 Å². The Morgan fingerprint density at radius 2 is 1.82 bits per heavy atom. The lowest BCUT2D eigenvalue weighted by molar-refractivity contribution is -0.132. The average Bonchev–Trinajstić information content (AvgIpc) is 3.71. The number of carbonyl (C=O) groups is 3. The molecule has 0 aromatic heterocycles. The first-order chi connectivity index (χ1) is 16.5. The molecule has 3 fully saturated rings. The van der Waals surface area contributed by atoms with Crippen molar-refractivity contribution in [3.63, 3.8) is 0 Å². The second-order valence-corrected chi connectivity index (χ2v) is 10.9. The molecule has 2 amide bonds. The lowest BCUT2D eigenvalue weighted by atomic mass is 9.81. The minimum atomic E-state index is -0.370. The van der Waals surface area contributed by atoms with E-state index >= 15 is 0 Å². The van der Waals surface area contributed by atoms with E-state index in [1.165, 1.54) is 19.3 Å². The van der Waals surface area contributed by atoms with Gasteiger partial charge >= 0.3 is 0 Å². The van der Waals surface area contributed by atoms with Gasteiger partial charge in [-0.05, 0) is 68.1 Å². The Balaban J connectivity index is 0.00000342. The summed E-state index contributed by atoms with van der Waals surface area (Å²) < 4.78 is 0. The second kappa shape index (κ2) is 12.0. The average molecular weight is 469 g/mol. The number of nitrogens with zero attached hydrogens (tertiary/aromatic N) is 1. The summed E-state index contributed by atoms with van der Waals surface area (Å²) in [7, 11) is 0. The molecule has 1 aliphatic heterocycles. The summed E-state index contributed by atoms with van der Waals surface area (Å²) in [5.74, 6) is 1.62. The number of hydrogen-bond donors (Lipinski definition) is 1. The Morgan fingerprint density at radius 1 is 1.03 bits per heavy atom. The third-order valence-electron chi connectivity index (χ3n) is 8.11. The number of ketones is 1. The molecule has 0 bridgehead atoms. The van der Waals surface area contributed by atoms with Crippen molar-refractivity contribution in [3.8, 4) is 0 Å². The monoisotopic (exact) mass is 468 g/mol. The molecular formula is C29H44N2O3. The zero-order valence-electron chi connectivity index (χ0n) is 20.9. The van der Waals surface area contributed by atoms with E-state index in [1.54, 1.807) is 0 Å². The number of nitrogens with one attached hydrogen (secondary N) is 1. The highest BCUT2D eigenvalue weighted by Crippen LogP contribution is 2.34. The topological polar surface area (TPSA) is 66.5 Å².